The molecule has 2 rings (SSSR count). The van der Waals surface area contributed by atoms with Crippen LogP contribution >= 0.6 is 23.2 Å². The van der Waals surface area contributed by atoms with Gasteiger partial charge in [0.2, 0.25) is 0 Å². The Morgan fingerprint density at radius 1 is 1.32 bits per heavy atom. The minimum absolute atomic E-state index is 0.229. The van der Waals surface area contributed by atoms with Crippen LogP contribution < -0.4 is 0 Å². The van der Waals surface area contributed by atoms with E-state index in [-0.39, 0.29) is 5.82 Å². The third kappa shape index (κ3) is 4.60. The molecule has 0 N–H and O–H groups in total. The molecule has 2 nitrogen and oxygen atoms in total. The van der Waals surface area contributed by atoms with Crippen LogP contribution in [-0.4, -0.2) is 36.6 Å². The summed E-state index contributed by atoms with van der Waals surface area (Å²) >= 11 is 11.3. The molecule has 1 aromatic rings. The van der Waals surface area contributed by atoms with Crippen molar-refractivity contribution in [2.45, 2.75) is 25.5 Å². The Morgan fingerprint density at radius 2 is 2.05 bits per heavy atom. The monoisotopic (exact) mass is 305 g/mol. The van der Waals surface area contributed by atoms with Gasteiger partial charge < -0.3 is 4.74 Å². The standard InChI is InChI=1S/C14H18Cl2FNO/c15-5-8-19-13-3-6-18(7-4-13)10-11-1-2-12(16)9-14(11)17/h1-2,9,13H,3-8,10H2. The van der Waals surface area contributed by atoms with Crippen molar-refractivity contribution < 1.29 is 9.13 Å². The Hall–Kier alpha value is -0.350. The summed E-state index contributed by atoms with van der Waals surface area (Å²) in [5.74, 6) is 0.309. The molecule has 0 saturated carbocycles. The zero-order valence-electron chi connectivity index (χ0n) is 10.7. The van der Waals surface area contributed by atoms with E-state index in [2.05, 4.69) is 4.90 Å². The minimum Gasteiger partial charge on any atom is -0.377 e. The number of piperidine rings is 1. The molecule has 0 spiro atoms. The smallest absolute Gasteiger partial charge is 0.129 e. The van der Waals surface area contributed by atoms with E-state index in [9.17, 15) is 4.39 Å². The SMILES string of the molecule is Fc1cc(Cl)ccc1CN1CCC(OCCCl)CC1. The average Bonchev–Trinajstić information content (AvgIpc) is 2.41. The molecule has 0 radical (unpaired) electrons. The van der Waals surface area contributed by atoms with E-state index < -0.39 is 0 Å². The number of ether oxygens (including phenoxy) is 1. The van der Waals surface area contributed by atoms with Crippen LogP contribution in [0, 0.1) is 5.82 Å². The predicted molar refractivity (Wildman–Crippen MR) is 76.4 cm³/mol. The van der Waals surface area contributed by atoms with Crippen LogP contribution in [0.1, 0.15) is 18.4 Å². The number of benzene rings is 1. The Kier molecular flexibility index (Phi) is 5.89. The maximum absolute atomic E-state index is 13.7. The van der Waals surface area contributed by atoms with E-state index in [0.717, 1.165) is 25.9 Å². The molecule has 0 amide bonds. The lowest BCUT2D eigenvalue weighted by atomic mass is 10.1. The maximum Gasteiger partial charge on any atom is 0.129 e. The molecule has 0 atom stereocenters. The normalized spacial score (nSPS) is 17.8. The molecule has 0 unspecified atom stereocenters. The molecule has 1 aromatic carbocycles. The summed E-state index contributed by atoms with van der Waals surface area (Å²) in [5.41, 5.74) is 0.699. The number of hydrogen-bond donors (Lipinski definition) is 0. The van der Waals surface area contributed by atoms with Gasteiger partial charge in [0.25, 0.3) is 0 Å². The van der Waals surface area contributed by atoms with Crippen LogP contribution in [0.15, 0.2) is 18.2 Å². The Balaban J connectivity index is 1.82. The summed E-state index contributed by atoms with van der Waals surface area (Å²) < 4.78 is 19.3. The van der Waals surface area contributed by atoms with E-state index in [1.54, 1.807) is 12.1 Å². The van der Waals surface area contributed by atoms with Crippen molar-refractivity contribution in [2.75, 3.05) is 25.6 Å². The first-order chi connectivity index (χ1) is 9.19. The number of rotatable bonds is 5. The topological polar surface area (TPSA) is 12.5 Å². The molecule has 1 fully saturated rings. The van der Waals surface area contributed by atoms with Crippen LogP contribution in [0.5, 0.6) is 0 Å². The average molecular weight is 306 g/mol. The Labute approximate surface area is 123 Å². The highest BCUT2D eigenvalue weighted by Gasteiger charge is 2.20. The second-order valence-corrected chi connectivity index (χ2v) is 5.59. The largest absolute Gasteiger partial charge is 0.377 e. The third-order valence-corrected chi connectivity index (χ3v) is 3.76. The van der Waals surface area contributed by atoms with Gasteiger partial charge in [-0.25, -0.2) is 4.39 Å². The fourth-order valence-corrected chi connectivity index (χ4v) is 2.58. The second-order valence-electron chi connectivity index (χ2n) is 4.77. The number of likely N-dealkylation sites (tertiary alicyclic amines) is 1. The van der Waals surface area contributed by atoms with Gasteiger partial charge in [-0.05, 0) is 25.0 Å². The van der Waals surface area contributed by atoms with Gasteiger partial charge in [-0.3, -0.25) is 4.90 Å². The van der Waals surface area contributed by atoms with Crippen LogP contribution in [-0.2, 0) is 11.3 Å². The molecule has 106 valence electrons. The molecule has 19 heavy (non-hydrogen) atoms. The fraction of sp³-hybridized carbons (Fsp3) is 0.571. The molecule has 1 aliphatic rings. The van der Waals surface area contributed by atoms with Gasteiger partial charge in [-0.1, -0.05) is 17.7 Å². The number of halogens is 3. The van der Waals surface area contributed by atoms with Gasteiger partial charge in [-0.15, -0.1) is 11.6 Å². The lowest BCUT2D eigenvalue weighted by molar-refractivity contribution is 0.0133. The number of alkyl halides is 1. The molecule has 5 heteroatoms. The van der Waals surface area contributed by atoms with Gasteiger partial charge >= 0.3 is 0 Å². The first-order valence-electron chi connectivity index (χ1n) is 6.53. The molecule has 1 saturated heterocycles. The first kappa shape index (κ1) is 15.0. The van der Waals surface area contributed by atoms with Crippen molar-refractivity contribution in [3.8, 4) is 0 Å². The summed E-state index contributed by atoms with van der Waals surface area (Å²) in [6, 6.07) is 4.86. The van der Waals surface area contributed by atoms with E-state index in [1.807, 2.05) is 0 Å². The molecule has 1 aliphatic heterocycles. The Bertz CT molecular complexity index is 408. The van der Waals surface area contributed by atoms with Gasteiger partial charge in [-0.2, -0.15) is 0 Å². The molecule has 0 bridgehead atoms. The number of nitrogens with zero attached hydrogens (tertiary/aromatic N) is 1. The highest BCUT2D eigenvalue weighted by molar-refractivity contribution is 6.30. The summed E-state index contributed by atoms with van der Waals surface area (Å²) in [4.78, 5) is 2.24. The predicted octanol–water partition coefficient (Wildman–Crippen LogP) is 3.70. The van der Waals surface area contributed by atoms with Crippen LogP contribution in [0.25, 0.3) is 0 Å². The number of hydrogen-bond acceptors (Lipinski definition) is 2. The summed E-state index contributed by atoms with van der Waals surface area (Å²) in [5, 5.41) is 0.439. The van der Waals surface area contributed by atoms with E-state index in [0.29, 0.717) is 35.7 Å². The van der Waals surface area contributed by atoms with Gasteiger partial charge in [0.05, 0.1) is 12.7 Å². The molecule has 0 aromatic heterocycles. The highest BCUT2D eigenvalue weighted by Crippen LogP contribution is 2.19. The van der Waals surface area contributed by atoms with Crippen LogP contribution in [0.4, 0.5) is 4.39 Å². The van der Waals surface area contributed by atoms with E-state index in [4.69, 9.17) is 27.9 Å². The third-order valence-electron chi connectivity index (χ3n) is 3.37. The van der Waals surface area contributed by atoms with Crippen molar-refractivity contribution >= 4 is 23.2 Å². The second kappa shape index (κ2) is 7.44. The van der Waals surface area contributed by atoms with Crippen molar-refractivity contribution in [1.29, 1.82) is 0 Å². The summed E-state index contributed by atoms with van der Waals surface area (Å²) in [6.07, 6.45) is 2.25. The quantitative estimate of drug-likeness (QED) is 0.769. The van der Waals surface area contributed by atoms with E-state index in [1.165, 1.54) is 6.07 Å². The molecule has 0 aliphatic carbocycles. The fourth-order valence-electron chi connectivity index (χ4n) is 2.34. The van der Waals surface area contributed by atoms with Crippen molar-refractivity contribution in [3.63, 3.8) is 0 Å². The lowest BCUT2D eigenvalue weighted by Gasteiger charge is -2.31. The van der Waals surface area contributed by atoms with E-state index >= 15 is 0 Å². The van der Waals surface area contributed by atoms with Crippen molar-refractivity contribution in [3.05, 3.63) is 34.6 Å². The van der Waals surface area contributed by atoms with Crippen molar-refractivity contribution in [1.82, 2.24) is 4.90 Å². The van der Waals surface area contributed by atoms with Crippen molar-refractivity contribution in [2.24, 2.45) is 0 Å². The highest BCUT2D eigenvalue weighted by atomic mass is 35.5. The van der Waals surface area contributed by atoms with Crippen LogP contribution in [0.2, 0.25) is 5.02 Å². The van der Waals surface area contributed by atoms with Gasteiger partial charge in [0, 0.05) is 36.1 Å². The maximum atomic E-state index is 13.7. The molecule has 1 heterocycles. The zero-order valence-corrected chi connectivity index (χ0v) is 12.3. The van der Waals surface area contributed by atoms with Crippen LogP contribution in [0.3, 0.4) is 0 Å². The summed E-state index contributed by atoms with van der Waals surface area (Å²) in [7, 11) is 0. The Morgan fingerprint density at radius 3 is 2.68 bits per heavy atom. The first-order valence-corrected chi connectivity index (χ1v) is 7.44. The minimum atomic E-state index is -0.229. The van der Waals surface area contributed by atoms with Gasteiger partial charge in [0.15, 0.2) is 0 Å². The molecular weight excluding hydrogens is 288 g/mol. The molecular formula is C14H18Cl2FNO. The van der Waals surface area contributed by atoms with Gasteiger partial charge in [0.1, 0.15) is 5.82 Å². The lowest BCUT2D eigenvalue weighted by Crippen LogP contribution is -2.37. The zero-order chi connectivity index (χ0) is 13.7. The summed E-state index contributed by atoms with van der Waals surface area (Å²) in [6.45, 7) is 3.09.